The molecule has 0 aromatic heterocycles. The highest BCUT2D eigenvalue weighted by atomic mass is 16.6. The average Bonchev–Trinajstić information content (AvgIpc) is 3.00. The van der Waals surface area contributed by atoms with Gasteiger partial charge in [-0.05, 0) is 52.1 Å². The first kappa shape index (κ1) is 16.3. The number of ether oxygens (including phenoxy) is 1. The molecule has 0 spiro atoms. The van der Waals surface area contributed by atoms with Crippen LogP contribution in [0.25, 0.3) is 0 Å². The minimum absolute atomic E-state index is 0.168. The summed E-state index contributed by atoms with van der Waals surface area (Å²) in [7, 11) is 0. The van der Waals surface area contributed by atoms with Crippen molar-refractivity contribution in [2.75, 3.05) is 13.1 Å². The van der Waals surface area contributed by atoms with E-state index in [2.05, 4.69) is 42.2 Å². The van der Waals surface area contributed by atoms with Gasteiger partial charge in [0.25, 0.3) is 0 Å². The lowest BCUT2D eigenvalue weighted by molar-refractivity contribution is 0.0208. The van der Waals surface area contributed by atoms with E-state index in [0.29, 0.717) is 12.0 Å². The van der Waals surface area contributed by atoms with Crippen molar-refractivity contribution in [2.24, 2.45) is 5.92 Å². The normalized spacial score (nSPS) is 28.0. The Hall–Kier alpha value is -1.55. The Morgan fingerprint density at radius 2 is 1.96 bits per heavy atom. The zero-order valence-electron chi connectivity index (χ0n) is 14.7. The molecule has 23 heavy (non-hydrogen) atoms. The lowest BCUT2D eigenvalue weighted by atomic mass is 9.98. The van der Waals surface area contributed by atoms with Gasteiger partial charge in [0.15, 0.2) is 0 Å². The van der Waals surface area contributed by atoms with Crippen molar-refractivity contribution in [3.05, 3.63) is 35.9 Å². The molecule has 2 aliphatic heterocycles. The van der Waals surface area contributed by atoms with Crippen molar-refractivity contribution in [3.8, 4) is 0 Å². The summed E-state index contributed by atoms with van der Waals surface area (Å²) in [6, 6.07) is 11.3. The third-order valence-corrected chi connectivity index (χ3v) is 5.06. The van der Waals surface area contributed by atoms with Crippen LogP contribution in [0.1, 0.15) is 39.7 Å². The molecule has 2 fully saturated rings. The van der Waals surface area contributed by atoms with Crippen LogP contribution in [0.15, 0.2) is 30.3 Å². The Labute approximate surface area is 139 Å². The second-order valence-electron chi connectivity index (χ2n) is 7.85. The zero-order valence-corrected chi connectivity index (χ0v) is 14.7. The predicted octanol–water partition coefficient (Wildman–Crippen LogP) is 3.52. The van der Waals surface area contributed by atoms with Crippen LogP contribution in [0.2, 0.25) is 0 Å². The second-order valence-corrected chi connectivity index (χ2v) is 7.85. The number of amides is 1. The van der Waals surface area contributed by atoms with E-state index in [0.717, 1.165) is 26.1 Å². The molecule has 0 bridgehead atoms. The molecule has 4 heteroatoms. The molecule has 0 saturated carbocycles. The quantitative estimate of drug-likeness (QED) is 0.837. The monoisotopic (exact) mass is 316 g/mol. The summed E-state index contributed by atoms with van der Waals surface area (Å²) in [6.07, 6.45) is 0.997. The van der Waals surface area contributed by atoms with Crippen molar-refractivity contribution in [1.82, 2.24) is 9.80 Å². The van der Waals surface area contributed by atoms with Crippen molar-refractivity contribution < 1.29 is 9.53 Å². The fraction of sp³-hybridized carbons (Fsp3) is 0.632. The van der Waals surface area contributed by atoms with Gasteiger partial charge in [0.1, 0.15) is 5.60 Å². The molecule has 1 aromatic rings. The van der Waals surface area contributed by atoms with Gasteiger partial charge in [-0.25, -0.2) is 4.79 Å². The fourth-order valence-corrected chi connectivity index (χ4v) is 3.93. The number of likely N-dealkylation sites (tertiary alicyclic amines) is 2. The lowest BCUT2D eigenvalue weighted by Crippen LogP contribution is -2.41. The highest BCUT2D eigenvalue weighted by Crippen LogP contribution is 2.37. The van der Waals surface area contributed by atoms with Crippen LogP contribution < -0.4 is 0 Å². The fourth-order valence-electron chi connectivity index (χ4n) is 3.93. The van der Waals surface area contributed by atoms with Crippen molar-refractivity contribution >= 4 is 6.09 Å². The van der Waals surface area contributed by atoms with Crippen LogP contribution in [-0.4, -0.2) is 46.7 Å². The Bertz CT molecular complexity index is 552. The van der Waals surface area contributed by atoms with Gasteiger partial charge < -0.3 is 9.64 Å². The predicted molar refractivity (Wildman–Crippen MR) is 91.1 cm³/mol. The third kappa shape index (κ3) is 3.52. The van der Waals surface area contributed by atoms with Crippen molar-refractivity contribution in [3.63, 3.8) is 0 Å². The van der Waals surface area contributed by atoms with Gasteiger partial charge in [-0.15, -0.1) is 0 Å². The van der Waals surface area contributed by atoms with Crippen LogP contribution in [0.3, 0.4) is 0 Å². The summed E-state index contributed by atoms with van der Waals surface area (Å²) in [5.74, 6) is 0.561. The number of hydrogen-bond acceptors (Lipinski definition) is 3. The first-order chi connectivity index (χ1) is 10.8. The summed E-state index contributed by atoms with van der Waals surface area (Å²) < 4.78 is 5.58. The first-order valence-electron chi connectivity index (χ1n) is 8.63. The summed E-state index contributed by atoms with van der Waals surface area (Å²) in [6.45, 7) is 10.8. The van der Waals surface area contributed by atoms with Crippen LogP contribution in [0, 0.1) is 5.92 Å². The maximum Gasteiger partial charge on any atom is 0.410 e. The lowest BCUT2D eigenvalue weighted by Gasteiger charge is -2.29. The molecule has 2 saturated heterocycles. The van der Waals surface area contributed by atoms with E-state index in [1.54, 1.807) is 0 Å². The molecule has 3 rings (SSSR count). The van der Waals surface area contributed by atoms with Crippen LogP contribution >= 0.6 is 0 Å². The Balaban J connectivity index is 1.66. The number of hydrogen-bond donors (Lipinski definition) is 0. The summed E-state index contributed by atoms with van der Waals surface area (Å²) in [4.78, 5) is 16.9. The van der Waals surface area contributed by atoms with Crippen LogP contribution in [0.4, 0.5) is 4.79 Å². The first-order valence-corrected chi connectivity index (χ1v) is 8.63. The van der Waals surface area contributed by atoms with Gasteiger partial charge in [-0.2, -0.15) is 0 Å². The van der Waals surface area contributed by atoms with E-state index < -0.39 is 5.60 Å². The summed E-state index contributed by atoms with van der Waals surface area (Å²) in [5, 5.41) is 0. The zero-order chi connectivity index (χ0) is 16.6. The van der Waals surface area contributed by atoms with Crippen molar-refractivity contribution in [2.45, 2.75) is 58.3 Å². The van der Waals surface area contributed by atoms with Crippen LogP contribution in [-0.2, 0) is 11.3 Å². The minimum Gasteiger partial charge on any atom is -0.444 e. The van der Waals surface area contributed by atoms with Gasteiger partial charge in [0, 0.05) is 25.2 Å². The van der Waals surface area contributed by atoms with E-state index in [1.165, 1.54) is 5.56 Å². The molecule has 4 nitrogen and oxygen atoms in total. The summed E-state index contributed by atoms with van der Waals surface area (Å²) >= 11 is 0. The smallest absolute Gasteiger partial charge is 0.410 e. The van der Waals surface area contributed by atoms with E-state index in [-0.39, 0.29) is 12.1 Å². The van der Waals surface area contributed by atoms with Gasteiger partial charge in [0.2, 0.25) is 0 Å². The SMILES string of the molecule is C[C@@H]1[C@H]2CCN(Cc3ccccc3)C2CN1C(=O)OC(C)(C)C. The number of benzene rings is 1. The molecular weight excluding hydrogens is 288 g/mol. The number of carbonyl (C=O) groups is 1. The van der Waals surface area contributed by atoms with Crippen LogP contribution in [0.5, 0.6) is 0 Å². The average molecular weight is 316 g/mol. The molecule has 2 heterocycles. The molecule has 0 aliphatic carbocycles. The highest BCUT2D eigenvalue weighted by Gasteiger charge is 2.48. The second kappa shape index (κ2) is 6.16. The Morgan fingerprint density at radius 1 is 1.26 bits per heavy atom. The van der Waals surface area contributed by atoms with Gasteiger partial charge in [0.05, 0.1) is 0 Å². The Kier molecular flexibility index (Phi) is 4.37. The van der Waals surface area contributed by atoms with Gasteiger partial charge >= 0.3 is 6.09 Å². The third-order valence-electron chi connectivity index (χ3n) is 5.06. The molecule has 0 N–H and O–H groups in total. The standard InChI is InChI=1S/C19H28N2O2/c1-14-16-10-11-20(12-15-8-6-5-7-9-15)17(16)13-21(14)18(22)23-19(2,3)4/h5-9,14,16-17H,10-13H2,1-4H3/t14-,16-,17?/m1/s1. The van der Waals surface area contributed by atoms with Gasteiger partial charge in [-0.1, -0.05) is 30.3 Å². The molecule has 126 valence electrons. The number of nitrogens with zero attached hydrogens (tertiary/aromatic N) is 2. The Morgan fingerprint density at radius 3 is 2.61 bits per heavy atom. The van der Waals surface area contributed by atoms with Gasteiger partial charge in [-0.3, -0.25) is 4.90 Å². The molecule has 1 unspecified atom stereocenters. The minimum atomic E-state index is -0.432. The number of carbonyl (C=O) groups excluding carboxylic acids is 1. The highest BCUT2D eigenvalue weighted by molar-refractivity contribution is 5.69. The molecule has 2 aliphatic rings. The maximum absolute atomic E-state index is 12.5. The van der Waals surface area contributed by atoms with E-state index in [1.807, 2.05) is 25.7 Å². The molecule has 1 amide bonds. The molecule has 3 atom stereocenters. The molecule has 0 radical (unpaired) electrons. The van der Waals surface area contributed by atoms with E-state index in [9.17, 15) is 4.79 Å². The van der Waals surface area contributed by atoms with E-state index in [4.69, 9.17) is 4.74 Å². The molecule has 1 aromatic carbocycles. The number of rotatable bonds is 2. The largest absolute Gasteiger partial charge is 0.444 e. The van der Waals surface area contributed by atoms with E-state index >= 15 is 0 Å². The summed E-state index contributed by atoms with van der Waals surface area (Å²) in [5.41, 5.74) is 0.912. The molecular formula is C19H28N2O2. The topological polar surface area (TPSA) is 32.8 Å². The maximum atomic E-state index is 12.5. The number of fused-ring (bicyclic) bond motifs is 1. The van der Waals surface area contributed by atoms with Crippen molar-refractivity contribution in [1.29, 1.82) is 0 Å².